The fourth-order valence-corrected chi connectivity index (χ4v) is 4.54. The van der Waals surface area contributed by atoms with Crippen LogP contribution in [0.3, 0.4) is 0 Å². The van der Waals surface area contributed by atoms with Crippen LogP contribution in [0.15, 0.2) is 41.3 Å². The Balaban J connectivity index is 1.90. The first kappa shape index (κ1) is 23.8. The number of benzene rings is 1. The number of rotatable bonds is 4. The Labute approximate surface area is 190 Å². The normalized spacial score (nSPS) is 23.2. The van der Waals surface area contributed by atoms with E-state index in [2.05, 4.69) is 9.97 Å². The summed E-state index contributed by atoms with van der Waals surface area (Å²) in [4.78, 5) is 31.4. The van der Waals surface area contributed by atoms with Gasteiger partial charge in [-0.15, -0.1) is 0 Å². The maximum absolute atomic E-state index is 14.4. The van der Waals surface area contributed by atoms with Crippen molar-refractivity contribution in [3.05, 3.63) is 75.1 Å². The van der Waals surface area contributed by atoms with Gasteiger partial charge in [0, 0.05) is 29.4 Å². The number of carbonyl (C=O) groups is 1. The van der Waals surface area contributed by atoms with E-state index in [1.54, 1.807) is 0 Å². The van der Waals surface area contributed by atoms with Crippen LogP contribution in [-0.4, -0.2) is 39.4 Å². The molecule has 11 heteroatoms. The number of primary amides is 1. The van der Waals surface area contributed by atoms with Gasteiger partial charge in [-0.05, 0) is 37.0 Å². The number of pyridine rings is 2. The summed E-state index contributed by atoms with van der Waals surface area (Å²) >= 11 is 0. The van der Waals surface area contributed by atoms with E-state index < -0.39 is 60.4 Å². The first-order valence-electron chi connectivity index (χ1n) is 10.4. The number of amides is 1. The molecule has 1 aliphatic heterocycles. The molecule has 3 aromatic rings. The molecular weight excluding hydrogens is 458 g/mol. The topological polar surface area (TPSA) is 118 Å². The molecule has 34 heavy (non-hydrogen) atoms. The third-order valence-electron chi connectivity index (χ3n) is 6.38. The first-order valence-corrected chi connectivity index (χ1v) is 10.4. The minimum Gasteiger partial charge on any atom is -0.392 e. The minimum atomic E-state index is -4.71. The summed E-state index contributed by atoms with van der Waals surface area (Å²) in [6.45, 7) is -0.226. The highest BCUT2D eigenvalue weighted by Crippen LogP contribution is 2.50. The molecule has 3 heterocycles. The second-order valence-electron chi connectivity index (χ2n) is 8.46. The summed E-state index contributed by atoms with van der Waals surface area (Å²) in [5.74, 6) is -3.42. The predicted molar refractivity (Wildman–Crippen MR) is 114 cm³/mol. The summed E-state index contributed by atoms with van der Waals surface area (Å²) in [5.41, 5.74) is 2.48. The smallest absolute Gasteiger partial charge is 0.392 e. The molecular formula is C23H21F4N3O4. The van der Waals surface area contributed by atoms with Crippen molar-refractivity contribution >= 4 is 16.8 Å². The van der Waals surface area contributed by atoms with Gasteiger partial charge in [-0.1, -0.05) is 12.1 Å². The summed E-state index contributed by atoms with van der Waals surface area (Å²) in [6, 6.07) is 6.53. The van der Waals surface area contributed by atoms with Gasteiger partial charge in [-0.3, -0.25) is 14.6 Å². The lowest BCUT2D eigenvalue weighted by Gasteiger charge is -2.44. The number of halogens is 4. The van der Waals surface area contributed by atoms with Crippen LogP contribution < -0.4 is 11.2 Å². The highest BCUT2D eigenvalue weighted by atomic mass is 19.4. The molecule has 1 aliphatic rings. The highest BCUT2D eigenvalue weighted by Gasteiger charge is 2.57. The van der Waals surface area contributed by atoms with Crippen LogP contribution in [0.5, 0.6) is 0 Å². The molecule has 7 nitrogen and oxygen atoms in total. The number of ether oxygens (including phenoxy) is 1. The van der Waals surface area contributed by atoms with Gasteiger partial charge in [0.2, 0.25) is 0 Å². The Hall–Kier alpha value is -3.31. The Morgan fingerprint density at radius 2 is 2.06 bits per heavy atom. The molecule has 1 amide bonds. The highest BCUT2D eigenvalue weighted by molar-refractivity contribution is 6.03. The number of hydrogen-bond donors (Lipinski definition) is 3. The molecule has 1 aromatic carbocycles. The van der Waals surface area contributed by atoms with Crippen LogP contribution in [0.1, 0.15) is 52.5 Å². The van der Waals surface area contributed by atoms with Crippen molar-refractivity contribution in [1.29, 1.82) is 0 Å². The van der Waals surface area contributed by atoms with Gasteiger partial charge in [0.05, 0.1) is 24.1 Å². The standard InChI is InChI=1S/C23H21F4N3O4/c1-22(23(25,26)27)8-12(11-3-2-4-15(24)13(11)9-31)14(10-34-22)17-7-18(32)19-16(30-17)5-6-29-20(19)21(28)33/h2-7,12,14,31H,8-10H2,1H3,(H2,28,33)(H,30,32)/t12-,14+,22-/m1/s1. The van der Waals surface area contributed by atoms with E-state index in [-0.39, 0.29) is 33.4 Å². The molecule has 4 rings (SSSR count). The number of nitrogens with two attached hydrogens (primary N) is 1. The van der Waals surface area contributed by atoms with Gasteiger partial charge in [0.15, 0.2) is 11.0 Å². The number of aliphatic hydroxyl groups is 1. The first-order chi connectivity index (χ1) is 16.0. The van der Waals surface area contributed by atoms with Crippen molar-refractivity contribution in [1.82, 2.24) is 9.97 Å². The lowest BCUT2D eigenvalue weighted by molar-refractivity contribution is -0.286. The van der Waals surface area contributed by atoms with E-state index in [1.165, 1.54) is 24.4 Å². The number of nitrogens with zero attached hydrogens (tertiary/aromatic N) is 1. The summed E-state index contributed by atoms with van der Waals surface area (Å²) in [6.07, 6.45) is -4.00. The maximum Gasteiger partial charge on any atom is 0.417 e. The molecule has 0 bridgehead atoms. The number of aromatic amines is 1. The summed E-state index contributed by atoms with van der Waals surface area (Å²) in [5, 5.41) is 9.70. The zero-order valence-electron chi connectivity index (χ0n) is 17.9. The average molecular weight is 479 g/mol. The van der Waals surface area contributed by atoms with Crippen LogP contribution in [0.2, 0.25) is 0 Å². The monoisotopic (exact) mass is 479 g/mol. The van der Waals surface area contributed by atoms with Crippen molar-refractivity contribution in [2.24, 2.45) is 5.73 Å². The predicted octanol–water partition coefficient (Wildman–Crippen LogP) is 3.26. The van der Waals surface area contributed by atoms with E-state index >= 15 is 0 Å². The van der Waals surface area contributed by atoms with Crippen LogP contribution >= 0.6 is 0 Å². The molecule has 3 atom stereocenters. The molecule has 0 radical (unpaired) electrons. The van der Waals surface area contributed by atoms with Gasteiger partial charge in [-0.25, -0.2) is 4.39 Å². The van der Waals surface area contributed by atoms with Crippen molar-refractivity contribution in [2.75, 3.05) is 6.61 Å². The summed E-state index contributed by atoms with van der Waals surface area (Å²) < 4.78 is 61.2. The lowest BCUT2D eigenvalue weighted by atomic mass is 9.73. The minimum absolute atomic E-state index is 0.0473. The Morgan fingerprint density at radius 3 is 2.71 bits per heavy atom. The van der Waals surface area contributed by atoms with Crippen LogP contribution in [0, 0.1) is 5.82 Å². The zero-order chi connectivity index (χ0) is 24.8. The number of hydrogen-bond acceptors (Lipinski definition) is 5. The summed E-state index contributed by atoms with van der Waals surface area (Å²) in [7, 11) is 0. The lowest BCUT2D eigenvalue weighted by Crippen LogP contribution is -2.51. The fraction of sp³-hybridized carbons (Fsp3) is 0.348. The van der Waals surface area contributed by atoms with E-state index in [9.17, 15) is 32.3 Å². The third-order valence-corrected chi connectivity index (χ3v) is 6.38. The largest absolute Gasteiger partial charge is 0.417 e. The van der Waals surface area contributed by atoms with Crippen molar-refractivity contribution < 1.29 is 32.2 Å². The van der Waals surface area contributed by atoms with E-state index in [0.717, 1.165) is 19.1 Å². The number of aliphatic hydroxyl groups excluding tert-OH is 1. The van der Waals surface area contributed by atoms with Crippen molar-refractivity contribution in [2.45, 2.75) is 43.6 Å². The molecule has 0 spiro atoms. The van der Waals surface area contributed by atoms with Crippen molar-refractivity contribution in [3.63, 3.8) is 0 Å². The Kier molecular flexibility index (Phi) is 5.94. The zero-order valence-corrected chi connectivity index (χ0v) is 17.9. The van der Waals surface area contributed by atoms with Gasteiger partial charge in [-0.2, -0.15) is 13.2 Å². The Bertz CT molecular complexity index is 1320. The van der Waals surface area contributed by atoms with Gasteiger partial charge < -0.3 is 20.6 Å². The van der Waals surface area contributed by atoms with Crippen LogP contribution in [0.25, 0.3) is 10.9 Å². The number of fused-ring (bicyclic) bond motifs is 1. The van der Waals surface area contributed by atoms with Crippen molar-refractivity contribution in [3.8, 4) is 0 Å². The van der Waals surface area contributed by atoms with Crippen LogP contribution in [-0.2, 0) is 11.3 Å². The maximum atomic E-state index is 14.4. The molecule has 0 unspecified atom stereocenters. The van der Waals surface area contributed by atoms with E-state index in [1.807, 2.05) is 0 Å². The second-order valence-corrected chi connectivity index (χ2v) is 8.46. The SMILES string of the molecule is C[C@]1(C(F)(F)F)C[C@H](c2cccc(F)c2CO)[C@@H](c2cc(=O)c3c(C(N)=O)nccc3[nH]2)CO1. The molecule has 0 saturated carbocycles. The number of alkyl halides is 3. The number of carbonyl (C=O) groups excluding carboxylic acids is 1. The molecule has 180 valence electrons. The molecule has 4 N–H and O–H groups in total. The molecule has 1 fully saturated rings. The molecule has 0 aliphatic carbocycles. The van der Waals surface area contributed by atoms with Crippen LogP contribution in [0.4, 0.5) is 17.6 Å². The third kappa shape index (κ3) is 3.94. The average Bonchev–Trinajstić information content (AvgIpc) is 2.77. The number of H-pyrrole nitrogens is 1. The number of nitrogens with one attached hydrogen (secondary N) is 1. The Morgan fingerprint density at radius 1 is 1.32 bits per heavy atom. The molecule has 1 saturated heterocycles. The number of aromatic nitrogens is 2. The second kappa shape index (κ2) is 8.48. The van der Waals surface area contributed by atoms with E-state index in [4.69, 9.17) is 10.5 Å². The molecule has 2 aromatic heterocycles. The van der Waals surface area contributed by atoms with E-state index in [0.29, 0.717) is 0 Å². The van der Waals surface area contributed by atoms with Gasteiger partial charge in [0.25, 0.3) is 5.91 Å². The fourth-order valence-electron chi connectivity index (χ4n) is 4.54. The van der Waals surface area contributed by atoms with Gasteiger partial charge >= 0.3 is 6.18 Å². The quantitative estimate of drug-likeness (QED) is 0.497. The van der Waals surface area contributed by atoms with Gasteiger partial charge in [0.1, 0.15) is 11.5 Å².